The fraction of sp³-hybridized carbons (Fsp3) is 0.500. The van der Waals surface area contributed by atoms with E-state index < -0.39 is 17.1 Å². The van der Waals surface area contributed by atoms with E-state index in [1.807, 2.05) is 0 Å². The molecule has 0 saturated heterocycles. The fourth-order valence-electron chi connectivity index (χ4n) is 3.78. The van der Waals surface area contributed by atoms with Gasteiger partial charge in [0, 0.05) is 26.6 Å². The summed E-state index contributed by atoms with van der Waals surface area (Å²) in [6.45, 7) is 0. The van der Waals surface area contributed by atoms with Gasteiger partial charge in [0.15, 0.2) is 0 Å². The molecule has 3 aliphatic rings. The van der Waals surface area contributed by atoms with Gasteiger partial charge in [-0.2, -0.15) is 0 Å². The Morgan fingerprint density at radius 3 is 2.12 bits per heavy atom. The summed E-state index contributed by atoms with van der Waals surface area (Å²) in [5, 5.41) is 15.2. The van der Waals surface area contributed by atoms with Crippen LogP contribution in [0.5, 0.6) is 5.75 Å². The van der Waals surface area contributed by atoms with E-state index in [4.69, 9.17) is 28.9 Å². The van der Waals surface area contributed by atoms with E-state index in [9.17, 15) is 14.7 Å². The number of nitrogens with two attached hydrogens (primary N) is 1. The molecule has 3 saturated carbocycles. The molecule has 24 heavy (non-hydrogen) atoms. The number of halogens is 2. The number of hydrogen-bond acceptors (Lipinski definition) is 3. The molecule has 1 aromatic rings. The van der Waals surface area contributed by atoms with Crippen LogP contribution in [0.15, 0.2) is 12.1 Å². The molecule has 2 amide bonds. The molecule has 0 unspecified atom stereocenters. The molecule has 0 spiro atoms. The van der Waals surface area contributed by atoms with Crippen molar-refractivity contribution in [3.05, 3.63) is 27.7 Å². The SMILES string of the molecule is NC(=O)C12CCC(NC(=O)c3cc(Cl)cc(Cl)c3[O-])(CC1)CC2.[Na+]. The Morgan fingerprint density at radius 1 is 1.08 bits per heavy atom. The molecule has 124 valence electrons. The van der Waals surface area contributed by atoms with Crippen LogP contribution < -0.4 is 45.7 Å². The topological polar surface area (TPSA) is 95.2 Å². The van der Waals surface area contributed by atoms with Crippen LogP contribution in [0.25, 0.3) is 0 Å². The molecular formula is C16H17Cl2N2NaO3. The maximum Gasteiger partial charge on any atom is 1.00 e. The number of benzene rings is 1. The van der Waals surface area contributed by atoms with Gasteiger partial charge < -0.3 is 16.2 Å². The van der Waals surface area contributed by atoms with Crippen LogP contribution in [0, 0.1) is 5.41 Å². The average Bonchev–Trinajstić information content (AvgIpc) is 2.52. The van der Waals surface area contributed by atoms with Crippen LogP contribution in [-0.4, -0.2) is 17.4 Å². The summed E-state index contributed by atoms with van der Waals surface area (Å²) in [4.78, 5) is 24.2. The predicted molar refractivity (Wildman–Crippen MR) is 85.4 cm³/mol. The third-order valence-corrected chi connectivity index (χ3v) is 5.90. The number of carbonyl (C=O) groups excluding carboxylic acids is 2. The third-order valence-electron chi connectivity index (χ3n) is 5.40. The Labute approximate surface area is 172 Å². The Hall–Kier alpha value is -0.460. The van der Waals surface area contributed by atoms with Crippen molar-refractivity contribution in [3.8, 4) is 5.75 Å². The molecule has 3 N–H and O–H groups in total. The number of fused-ring (bicyclic) bond motifs is 3. The van der Waals surface area contributed by atoms with E-state index in [0.717, 1.165) is 0 Å². The van der Waals surface area contributed by atoms with Gasteiger partial charge in [0.1, 0.15) is 0 Å². The Morgan fingerprint density at radius 2 is 1.62 bits per heavy atom. The van der Waals surface area contributed by atoms with Gasteiger partial charge in [-0.15, -0.1) is 0 Å². The van der Waals surface area contributed by atoms with Crippen LogP contribution in [0.3, 0.4) is 0 Å². The van der Waals surface area contributed by atoms with Gasteiger partial charge in [-0.05, 0) is 50.7 Å². The molecule has 5 nitrogen and oxygen atoms in total. The second-order valence-corrected chi connectivity index (χ2v) is 7.49. The summed E-state index contributed by atoms with van der Waals surface area (Å²) >= 11 is 11.7. The minimum Gasteiger partial charge on any atom is -0.871 e. The second kappa shape index (κ2) is 7.04. The number of hydrogen-bond donors (Lipinski definition) is 2. The minimum atomic E-state index is -0.525. The summed E-state index contributed by atoms with van der Waals surface area (Å²) in [6.07, 6.45) is 4.06. The van der Waals surface area contributed by atoms with E-state index in [1.165, 1.54) is 12.1 Å². The minimum absolute atomic E-state index is 0. The molecule has 3 fully saturated rings. The molecular weight excluding hydrogens is 362 g/mol. The van der Waals surface area contributed by atoms with Crippen molar-refractivity contribution in [2.24, 2.45) is 11.1 Å². The number of amides is 2. The fourth-order valence-corrected chi connectivity index (χ4v) is 4.27. The van der Waals surface area contributed by atoms with E-state index in [1.54, 1.807) is 0 Å². The van der Waals surface area contributed by atoms with Gasteiger partial charge in [0.25, 0.3) is 5.91 Å². The molecule has 4 rings (SSSR count). The Bertz CT molecular complexity index is 672. The Balaban J connectivity index is 0.00000208. The van der Waals surface area contributed by atoms with Crippen molar-refractivity contribution in [2.75, 3.05) is 0 Å². The maximum absolute atomic E-state index is 12.5. The summed E-state index contributed by atoms with van der Waals surface area (Å²) < 4.78 is 0. The Kier molecular flexibility index (Phi) is 5.83. The van der Waals surface area contributed by atoms with Gasteiger partial charge in [0.05, 0.1) is 0 Å². The number of rotatable bonds is 3. The quantitative estimate of drug-likeness (QED) is 0.686. The first kappa shape index (κ1) is 19.9. The van der Waals surface area contributed by atoms with E-state index >= 15 is 0 Å². The molecule has 0 heterocycles. The summed E-state index contributed by atoms with van der Waals surface area (Å²) in [5.41, 5.74) is 4.68. The monoisotopic (exact) mass is 378 g/mol. The number of carbonyl (C=O) groups is 2. The van der Waals surface area contributed by atoms with Crippen molar-refractivity contribution >= 4 is 35.0 Å². The average molecular weight is 379 g/mol. The van der Waals surface area contributed by atoms with Gasteiger partial charge in [0.2, 0.25) is 5.91 Å². The first-order chi connectivity index (χ1) is 10.8. The maximum atomic E-state index is 12.5. The van der Waals surface area contributed by atoms with Crippen LogP contribution >= 0.6 is 23.2 Å². The van der Waals surface area contributed by atoms with Gasteiger partial charge in [-0.3, -0.25) is 9.59 Å². The molecule has 0 atom stereocenters. The van der Waals surface area contributed by atoms with E-state index in [2.05, 4.69) is 5.32 Å². The van der Waals surface area contributed by atoms with Crippen molar-refractivity contribution in [1.82, 2.24) is 5.32 Å². The van der Waals surface area contributed by atoms with Crippen molar-refractivity contribution in [3.63, 3.8) is 0 Å². The molecule has 1 aromatic carbocycles. The zero-order chi connectivity index (χ0) is 16.8. The number of primary amides is 1. The van der Waals surface area contributed by atoms with E-state index in [-0.39, 0.29) is 56.6 Å². The summed E-state index contributed by atoms with van der Waals surface area (Å²) in [6, 6.07) is 2.66. The first-order valence-electron chi connectivity index (χ1n) is 7.56. The zero-order valence-corrected chi connectivity index (χ0v) is 17.0. The van der Waals surface area contributed by atoms with Crippen molar-refractivity contribution in [1.29, 1.82) is 0 Å². The normalized spacial score (nSPS) is 28.1. The second-order valence-electron chi connectivity index (χ2n) is 6.64. The predicted octanol–water partition coefficient (Wildman–Crippen LogP) is -0.621. The molecule has 3 aliphatic carbocycles. The number of nitrogens with one attached hydrogen (secondary N) is 1. The molecule has 2 bridgehead atoms. The zero-order valence-electron chi connectivity index (χ0n) is 13.5. The first-order valence-corrected chi connectivity index (χ1v) is 8.31. The molecule has 8 heteroatoms. The van der Waals surface area contributed by atoms with Crippen molar-refractivity contribution in [2.45, 2.75) is 44.1 Å². The van der Waals surface area contributed by atoms with Gasteiger partial charge in [-0.1, -0.05) is 29.0 Å². The van der Waals surface area contributed by atoms with E-state index in [0.29, 0.717) is 38.5 Å². The third kappa shape index (κ3) is 3.42. The van der Waals surface area contributed by atoms with Crippen LogP contribution in [0.4, 0.5) is 0 Å². The van der Waals surface area contributed by atoms with Crippen LogP contribution in [-0.2, 0) is 4.79 Å². The smallest absolute Gasteiger partial charge is 0.871 e. The summed E-state index contributed by atoms with van der Waals surface area (Å²) in [7, 11) is 0. The van der Waals surface area contributed by atoms with Crippen molar-refractivity contribution < 1.29 is 44.3 Å². The van der Waals surface area contributed by atoms with Crippen LogP contribution in [0.2, 0.25) is 10.0 Å². The molecule has 0 aliphatic heterocycles. The van der Waals surface area contributed by atoms with Crippen LogP contribution in [0.1, 0.15) is 48.9 Å². The van der Waals surface area contributed by atoms with Gasteiger partial charge in [-0.25, -0.2) is 0 Å². The standard InChI is InChI=1S/C16H18Cl2N2O3.Na/c17-9-7-10(12(21)11(18)8-9)13(22)20-16-4-1-15(2-5-16,3-6-16)14(19)23;/h7-8,21H,1-6H2,(H2,19,23)(H,20,22);/q;+1/p-1. The van der Waals surface area contributed by atoms with Gasteiger partial charge >= 0.3 is 29.6 Å². The molecule has 0 aromatic heterocycles. The molecule has 0 radical (unpaired) electrons. The summed E-state index contributed by atoms with van der Waals surface area (Å²) in [5.74, 6) is -1.24. The largest absolute Gasteiger partial charge is 1.00 e.